The lowest BCUT2D eigenvalue weighted by Gasteiger charge is -2.35. The Balaban J connectivity index is 2.12. The molecule has 0 saturated carbocycles. The van der Waals surface area contributed by atoms with Gasteiger partial charge in [-0.25, -0.2) is 0 Å². The molecule has 1 radical (unpaired) electrons. The van der Waals surface area contributed by atoms with Gasteiger partial charge in [0.05, 0.1) is 0 Å². The van der Waals surface area contributed by atoms with Gasteiger partial charge in [0.2, 0.25) is 0 Å². The summed E-state index contributed by atoms with van der Waals surface area (Å²) in [7, 11) is -1.61. The zero-order valence-electron chi connectivity index (χ0n) is 12.3. The molecule has 20 heavy (non-hydrogen) atoms. The standard InChI is InChI=1S/C19H21Si/c1-3-20(4-2,17-11-6-5-7-12-17)19-15-14-16-10-8-9-13-18(16)19/h5-15H,3-4H2,1-2H3. The SMILES string of the molecule is CC[Si](CC)([C]1C=Cc2ccccc21)c1ccccc1. The van der Waals surface area contributed by atoms with Crippen molar-refractivity contribution in [1.82, 2.24) is 0 Å². The van der Waals surface area contributed by atoms with Gasteiger partial charge < -0.3 is 0 Å². The van der Waals surface area contributed by atoms with E-state index in [9.17, 15) is 0 Å². The Morgan fingerprint density at radius 2 is 1.40 bits per heavy atom. The van der Waals surface area contributed by atoms with Crippen molar-refractivity contribution in [2.75, 3.05) is 0 Å². The van der Waals surface area contributed by atoms with Gasteiger partial charge >= 0.3 is 0 Å². The van der Waals surface area contributed by atoms with Gasteiger partial charge in [-0.1, -0.05) is 97.9 Å². The number of benzene rings is 2. The molecule has 0 amide bonds. The average Bonchev–Trinajstić information content (AvgIpc) is 2.95. The Morgan fingerprint density at radius 1 is 0.750 bits per heavy atom. The maximum Gasteiger partial charge on any atom is 0.102 e. The van der Waals surface area contributed by atoms with Crippen molar-refractivity contribution < 1.29 is 0 Å². The molecule has 0 nitrogen and oxygen atoms in total. The molecule has 1 aliphatic carbocycles. The van der Waals surface area contributed by atoms with Crippen molar-refractivity contribution in [3.05, 3.63) is 77.3 Å². The molecule has 3 rings (SSSR count). The molecule has 0 fully saturated rings. The van der Waals surface area contributed by atoms with Gasteiger partial charge in [0.15, 0.2) is 0 Å². The molecule has 101 valence electrons. The summed E-state index contributed by atoms with van der Waals surface area (Å²) >= 11 is 0. The molecule has 2 aromatic rings. The third-order valence-corrected chi connectivity index (χ3v) is 10.0. The molecular weight excluding hydrogens is 256 g/mol. The molecule has 0 aliphatic heterocycles. The highest BCUT2D eigenvalue weighted by Crippen LogP contribution is 2.39. The summed E-state index contributed by atoms with van der Waals surface area (Å²) in [5, 5.41) is 1.57. The largest absolute Gasteiger partial charge is 0.102 e. The first kappa shape index (κ1) is 13.4. The summed E-state index contributed by atoms with van der Waals surface area (Å²) in [6, 6.07) is 22.5. The first-order valence-corrected chi connectivity index (χ1v) is 9.93. The molecule has 1 heteroatoms. The fourth-order valence-corrected chi connectivity index (χ4v) is 7.89. The predicted molar refractivity (Wildman–Crippen MR) is 90.6 cm³/mol. The molecular formula is C19H21Si. The molecule has 0 atom stereocenters. The summed E-state index contributed by atoms with van der Waals surface area (Å²) in [5.74, 6) is 0. The summed E-state index contributed by atoms with van der Waals surface area (Å²) < 4.78 is 0. The van der Waals surface area contributed by atoms with E-state index in [1.165, 1.54) is 23.2 Å². The second-order valence-electron chi connectivity index (χ2n) is 5.49. The Morgan fingerprint density at radius 3 is 2.10 bits per heavy atom. The smallest absolute Gasteiger partial charge is 0.0747 e. The minimum absolute atomic E-state index is 1.27. The molecule has 0 saturated heterocycles. The van der Waals surface area contributed by atoms with Crippen LogP contribution in [-0.2, 0) is 0 Å². The highest BCUT2D eigenvalue weighted by molar-refractivity contribution is 6.97. The number of rotatable bonds is 4. The van der Waals surface area contributed by atoms with Crippen LogP contribution in [0.2, 0.25) is 12.1 Å². The van der Waals surface area contributed by atoms with E-state index in [0.29, 0.717) is 0 Å². The van der Waals surface area contributed by atoms with Gasteiger partial charge in [-0.05, 0) is 11.1 Å². The van der Waals surface area contributed by atoms with Gasteiger partial charge in [0.1, 0.15) is 8.07 Å². The Kier molecular flexibility index (Phi) is 3.62. The van der Waals surface area contributed by atoms with Gasteiger partial charge in [-0.3, -0.25) is 0 Å². The Labute approximate surface area is 123 Å². The Bertz CT molecular complexity index is 609. The van der Waals surface area contributed by atoms with Crippen molar-refractivity contribution in [2.24, 2.45) is 0 Å². The lowest BCUT2D eigenvalue weighted by atomic mass is 10.1. The summed E-state index contributed by atoms with van der Waals surface area (Å²) in [6.07, 6.45) is 4.68. The normalized spacial score (nSPS) is 14.5. The third kappa shape index (κ3) is 1.97. The van der Waals surface area contributed by atoms with Crippen LogP contribution in [0.15, 0.2) is 60.7 Å². The number of hydrogen-bond acceptors (Lipinski definition) is 0. The fourth-order valence-electron chi connectivity index (χ4n) is 3.52. The maximum atomic E-state index is 2.39. The molecule has 1 aliphatic rings. The third-order valence-electron chi connectivity index (χ3n) is 4.73. The second kappa shape index (κ2) is 5.41. The molecule has 2 aromatic carbocycles. The lowest BCUT2D eigenvalue weighted by molar-refractivity contribution is 1.23. The van der Waals surface area contributed by atoms with Crippen LogP contribution in [0.5, 0.6) is 0 Å². The molecule has 0 unspecified atom stereocenters. The van der Waals surface area contributed by atoms with E-state index in [1.54, 1.807) is 10.7 Å². The highest BCUT2D eigenvalue weighted by Gasteiger charge is 2.41. The van der Waals surface area contributed by atoms with Gasteiger partial charge in [-0.15, -0.1) is 0 Å². The van der Waals surface area contributed by atoms with Crippen LogP contribution in [0, 0.1) is 5.54 Å². The minimum Gasteiger partial charge on any atom is -0.0747 e. The molecule has 0 spiro atoms. The van der Waals surface area contributed by atoms with Crippen molar-refractivity contribution in [3.63, 3.8) is 0 Å². The number of hydrogen-bond donors (Lipinski definition) is 0. The maximum absolute atomic E-state index is 2.39. The zero-order chi connectivity index (χ0) is 14.0. The first-order valence-electron chi connectivity index (χ1n) is 7.52. The first-order chi connectivity index (χ1) is 9.81. The molecule has 0 heterocycles. The van der Waals surface area contributed by atoms with E-state index in [4.69, 9.17) is 0 Å². The van der Waals surface area contributed by atoms with Crippen molar-refractivity contribution in [2.45, 2.75) is 25.9 Å². The second-order valence-corrected chi connectivity index (χ2v) is 10.2. The molecule has 0 bridgehead atoms. The predicted octanol–water partition coefficient (Wildman–Crippen LogP) is 4.57. The minimum atomic E-state index is -1.61. The topological polar surface area (TPSA) is 0 Å². The van der Waals surface area contributed by atoms with Crippen LogP contribution in [0.1, 0.15) is 25.0 Å². The number of fused-ring (bicyclic) bond motifs is 1. The van der Waals surface area contributed by atoms with Crippen molar-refractivity contribution in [3.8, 4) is 0 Å². The lowest BCUT2D eigenvalue weighted by Crippen LogP contribution is -2.51. The average molecular weight is 277 g/mol. The summed E-state index contributed by atoms with van der Waals surface area (Å²) in [6.45, 7) is 4.73. The molecule has 0 aromatic heterocycles. The van der Waals surface area contributed by atoms with E-state index >= 15 is 0 Å². The van der Waals surface area contributed by atoms with Crippen LogP contribution in [0.4, 0.5) is 0 Å². The number of allylic oxidation sites excluding steroid dienone is 1. The fraction of sp³-hybridized carbons (Fsp3) is 0.211. The van der Waals surface area contributed by atoms with Crippen LogP contribution in [-0.4, -0.2) is 8.07 Å². The summed E-state index contributed by atoms with van der Waals surface area (Å²) in [5.41, 5.74) is 4.47. The highest BCUT2D eigenvalue weighted by atomic mass is 28.3. The van der Waals surface area contributed by atoms with Crippen LogP contribution >= 0.6 is 0 Å². The van der Waals surface area contributed by atoms with E-state index in [-0.39, 0.29) is 0 Å². The van der Waals surface area contributed by atoms with Crippen LogP contribution in [0.3, 0.4) is 0 Å². The van der Waals surface area contributed by atoms with E-state index in [1.807, 2.05) is 0 Å². The zero-order valence-corrected chi connectivity index (χ0v) is 13.3. The van der Waals surface area contributed by atoms with Crippen molar-refractivity contribution >= 4 is 19.3 Å². The van der Waals surface area contributed by atoms with Crippen LogP contribution in [0.25, 0.3) is 6.08 Å². The Hall–Kier alpha value is -1.60. The van der Waals surface area contributed by atoms with Crippen LogP contribution < -0.4 is 5.19 Å². The molecule has 0 N–H and O–H groups in total. The van der Waals surface area contributed by atoms with Gasteiger partial charge in [0, 0.05) is 5.54 Å². The summed E-state index contributed by atoms with van der Waals surface area (Å²) in [4.78, 5) is 0. The van der Waals surface area contributed by atoms with Crippen molar-refractivity contribution in [1.29, 1.82) is 0 Å². The van der Waals surface area contributed by atoms with Gasteiger partial charge in [0.25, 0.3) is 0 Å². The van der Waals surface area contributed by atoms with E-state index in [2.05, 4.69) is 80.6 Å². The quantitative estimate of drug-likeness (QED) is 0.718. The van der Waals surface area contributed by atoms with Gasteiger partial charge in [-0.2, -0.15) is 0 Å². The van der Waals surface area contributed by atoms with E-state index in [0.717, 1.165) is 0 Å². The van der Waals surface area contributed by atoms with E-state index < -0.39 is 8.07 Å². The monoisotopic (exact) mass is 277 g/mol.